The molecule has 9 heteroatoms. The van der Waals surface area contributed by atoms with Crippen LogP contribution in [0.3, 0.4) is 0 Å². The molecule has 0 radical (unpaired) electrons. The van der Waals surface area contributed by atoms with Gasteiger partial charge in [-0.3, -0.25) is 0 Å². The van der Waals surface area contributed by atoms with Crippen molar-refractivity contribution in [2.75, 3.05) is 0 Å². The van der Waals surface area contributed by atoms with Crippen molar-refractivity contribution in [2.24, 2.45) is 0 Å². The van der Waals surface area contributed by atoms with Crippen LogP contribution < -0.4 is 4.74 Å². The molecular weight excluding hydrogens is 364 g/mol. The fourth-order valence-electron chi connectivity index (χ4n) is 1.52. The van der Waals surface area contributed by atoms with Crippen molar-refractivity contribution in [3.05, 3.63) is 52.5 Å². The lowest BCUT2D eigenvalue weighted by Gasteiger charge is -2.11. The lowest BCUT2D eigenvalue weighted by atomic mass is 10.3. The minimum absolute atomic E-state index is 0.0936. The first-order valence-electron chi connectivity index (χ1n) is 5.66. The quantitative estimate of drug-likeness (QED) is 0.756. The summed E-state index contributed by atoms with van der Waals surface area (Å²) in [6.45, 7) is 0. The Morgan fingerprint density at radius 2 is 1.41 bits per heavy atom. The number of halogens is 5. The molecule has 0 aliphatic heterocycles. The summed E-state index contributed by atoms with van der Waals surface area (Å²) >= 11 is 11.8. The third-order valence-corrected chi connectivity index (χ3v) is 4.68. The normalized spacial score (nSPS) is 12.2. The van der Waals surface area contributed by atoms with Crippen LogP contribution in [0.5, 0.6) is 11.5 Å². The topological polar surface area (TPSA) is 43.4 Å². The SMILES string of the molecule is O=S(=O)(c1ccc(Oc2c(Cl)cccc2Cl)cc1)C(F)(F)F. The van der Waals surface area contributed by atoms with Crippen LogP contribution in [-0.4, -0.2) is 13.9 Å². The van der Waals surface area contributed by atoms with Crippen molar-refractivity contribution >= 4 is 33.0 Å². The Balaban J connectivity index is 2.31. The lowest BCUT2D eigenvalue weighted by molar-refractivity contribution is -0.0436. The van der Waals surface area contributed by atoms with Gasteiger partial charge in [0.15, 0.2) is 5.75 Å². The largest absolute Gasteiger partial charge is 0.501 e. The molecule has 0 saturated heterocycles. The van der Waals surface area contributed by atoms with Crippen LogP contribution in [0.4, 0.5) is 13.2 Å². The molecule has 0 amide bonds. The van der Waals surface area contributed by atoms with E-state index in [1.165, 1.54) is 12.1 Å². The highest BCUT2D eigenvalue weighted by Gasteiger charge is 2.46. The number of hydrogen-bond acceptors (Lipinski definition) is 3. The van der Waals surface area contributed by atoms with Gasteiger partial charge >= 0.3 is 5.51 Å². The van der Waals surface area contributed by atoms with E-state index in [4.69, 9.17) is 27.9 Å². The Bertz CT molecular complexity index is 767. The first kappa shape index (κ1) is 16.9. The van der Waals surface area contributed by atoms with Gasteiger partial charge in [-0.15, -0.1) is 0 Å². The molecule has 0 fully saturated rings. The molecule has 0 N–H and O–H groups in total. The average molecular weight is 371 g/mol. The predicted octanol–water partition coefficient (Wildman–Crippen LogP) is 5.08. The van der Waals surface area contributed by atoms with Gasteiger partial charge in [0, 0.05) is 0 Å². The molecular formula is C13H7Cl2F3O3S. The first-order valence-corrected chi connectivity index (χ1v) is 7.90. The van der Waals surface area contributed by atoms with Gasteiger partial charge in [0.2, 0.25) is 0 Å². The van der Waals surface area contributed by atoms with E-state index < -0.39 is 20.2 Å². The number of para-hydroxylation sites is 1. The van der Waals surface area contributed by atoms with Gasteiger partial charge in [-0.1, -0.05) is 29.3 Å². The van der Waals surface area contributed by atoms with Crippen molar-refractivity contribution < 1.29 is 26.3 Å². The Kier molecular flexibility index (Phi) is 4.60. The summed E-state index contributed by atoms with van der Waals surface area (Å²) in [5.41, 5.74) is -5.36. The van der Waals surface area contributed by atoms with Crippen LogP contribution in [0.15, 0.2) is 47.4 Å². The van der Waals surface area contributed by atoms with Crippen molar-refractivity contribution in [2.45, 2.75) is 10.4 Å². The smallest absolute Gasteiger partial charge is 0.454 e. The Morgan fingerprint density at radius 3 is 1.86 bits per heavy atom. The van der Waals surface area contributed by atoms with E-state index >= 15 is 0 Å². The van der Waals surface area contributed by atoms with E-state index in [0.29, 0.717) is 0 Å². The summed E-state index contributed by atoms with van der Waals surface area (Å²) in [5.74, 6) is 0.216. The van der Waals surface area contributed by atoms with Crippen molar-refractivity contribution in [3.8, 4) is 11.5 Å². The highest BCUT2D eigenvalue weighted by molar-refractivity contribution is 7.92. The number of ether oxygens (including phenoxy) is 1. The van der Waals surface area contributed by atoms with Crippen molar-refractivity contribution in [1.29, 1.82) is 0 Å². The minimum Gasteiger partial charge on any atom is -0.454 e. The summed E-state index contributed by atoms with van der Waals surface area (Å²) in [6.07, 6.45) is 0. The summed E-state index contributed by atoms with van der Waals surface area (Å²) in [4.78, 5) is -0.877. The second-order valence-corrected chi connectivity index (χ2v) is 6.83. The maximum atomic E-state index is 12.4. The Labute approximate surface area is 134 Å². The van der Waals surface area contributed by atoms with E-state index in [-0.39, 0.29) is 21.5 Å². The maximum absolute atomic E-state index is 12.4. The molecule has 118 valence electrons. The van der Waals surface area contributed by atoms with Gasteiger partial charge in [0.25, 0.3) is 9.84 Å². The summed E-state index contributed by atoms with van der Waals surface area (Å²) in [7, 11) is -5.39. The molecule has 0 heterocycles. The van der Waals surface area contributed by atoms with Crippen molar-refractivity contribution in [3.63, 3.8) is 0 Å². The number of hydrogen-bond donors (Lipinski definition) is 0. The van der Waals surface area contributed by atoms with Crippen molar-refractivity contribution in [1.82, 2.24) is 0 Å². The van der Waals surface area contributed by atoms with Crippen LogP contribution in [0.25, 0.3) is 0 Å². The standard InChI is InChI=1S/C13H7Cl2F3O3S/c14-10-2-1-3-11(15)12(10)21-8-4-6-9(7-5-8)22(19,20)13(16,17)18/h1-7H. The maximum Gasteiger partial charge on any atom is 0.501 e. The van der Waals surface area contributed by atoms with Gasteiger partial charge in [-0.2, -0.15) is 13.2 Å². The van der Waals surface area contributed by atoms with Crippen LogP contribution >= 0.6 is 23.2 Å². The molecule has 0 bridgehead atoms. The fourth-order valence-corrected chi connectivity index (χ4v) is 2.75. The van der Waals surface area contributed by atoms with Gasteiger partial charge < -0.3 is 4.74 Å². The number of benzene rings is 2. The highest BCUT2D eigenvalue weighted by atomic mass is 35.5. The lowest BCUT2D eigenvalue weighted by Crippen LogP contribution is -2.23. The molecule has 2 rings (SSSR count). The van der Waals surface area contributed by atoms with Crippen LogP contribution in [-0.2, 0) is 9.84 Å². The zero-order chi connectivity index (χ0) is 16.5. The first-order chi connectivity index (χ1) is 10.1. The number of sulfone groups is 1. The average Bonchev–Trinajstić information content (AvgIpc) is 2.42. The second kappa shape index (κ2) is 5.98. The fraction of sp³-hybridized carbons (Fsp3) is 0.0769. The van der Waals surface area contributed by atoms with Gasteiger partial charge in [0.1, 0.15) is 5.75 Å². The van der Waals surface area contributed by atoms with Crippen LogP contribution in [0, 0.1) is 0 Å². The van der Waals surface area contributed by atoms with E-state index in [0.717, 1.165) is 24.3 Å². The summed E-state index contributed by atoms with van der Waals surface area (Å²) in [6, 6.07) is 8.38. The molecule has 0 spiro atoms. The highest BCUT2D eigenvalue weighted by Crippen LogP contribution is 2.37. The molecule has 0 aliphatic carbocycles. The van der Waals surface area contributed by atoms with Gasteiger partial charge in [-0.05, 0) is 36.4 Å². The zero-order valence-electron chi connectivity index (χ0n) is 10.6. The predicted molar refractivity (Wildman–Crippen MR) is 76.2 cm³/mol. The van der Waals surface area contributed by atoms with E-state index in [1.54, 1.807) is 6.07 Å². The van der Waals surface area contributed by atoms with E-state index in [1.807, 2.05) is 0 Å². The third kappa shape index (κ3) is 3.31. The second-order valence-electron chi connectivity index (χ2n) is 4.07. The molecule has 0 saturated carbocycles. The van der Waals surface area contributed by atoms with Gasteiger partial charge in [-0.25, -0.2) is 8.42 Å². The van der Waals surface area contributed by atoms with Gasteiger partial charge in [0.05, 0.1) is 14.9 Å². The zero-order valence-corrected chi connectivity index (χ0v) is 12.9. The molecule has 22 heavy (non-hydrogen) atoms. The molecule has 3 nitrogen and oxygen atoms in total. The molecule has 2 aromatic carbocycles. The van der Waals surface area contributed by atoms with Crippen LogP contribution in [0.2, 0.25) is 10.0 Å². The third-order valence-electron chi connectivity index (χ3n) is 2.58. The van der Waals surface area contributed by atoms with E-state index in [9.17, 15) is 21.6 Å². The minimum atomic E-state index is -5.39. The molecule has 0 aromatic heterocycles. The van der Waals surface area contributed by atoms with Crippen LogP contribution in [0.1, 0.15) is 0 Å². The number of rotatable bonds is 3. The summed E-state index contributed by atoms with van der Waals surface area (Å²) in [5, 5.41) is 0.416. The summed E-state index contributed by atoms with van der Waals surface area (Å²) < 4.78 is 65.1. The Morgan fingerprint density at radius 1 is 0.909 bits per heavy atom. The molecule has 2 aromatic rings. The number of alkyl halides is 3. The molecule has 0 aliphatic rings. The molecule has 0 atom stereocenters. The Hall–Kier alpha value is -1.44. The monoisotopic (exact) mass is 370 g/mol. The molecule has 0 unspecified atom stereocenters. The van der Waals surface area contributed by atoms with E-state index in [2.05, 4.69) is 0 Å².